The minimum Gasteiger partial charge on any atom is -0.444 e. The van der Waals surface area contributed by atoms with E-state index in [1.54, 1.807) is 0 Å². The molecule has 1 amide bonds. The molecular formula is C24H29N3O2. The van der Waals surface area contributed by atoms with E-state index in [4.69, 9.17) is 4.74 Å². The van der Waals surface area contributed by atoms with Crippen LogP contribution in [0.4, 0.5) is 4.79 Å². The van der Waals surface area contributed by atoms with Crippen LogP contribution in [0.3, 0.4) is 0 Å². The second-order valence-corrected chi connectivity index (χ2v) is 8.86. The maximum atomic E-state index is 12.8. The van der Waals surface area contributed by atoms with Crippen LogP contribution in [0, 0.1) is 6.92 Å². The van der Waals surface area contributed by atoms with Gasteiger partial charge in [0.2, 0.25) is 0 Å². The van der Waals surface area contributed by atoms with Gasteiger partial charge in [-0.25, -0.2) is 4.79 Å². The molecule has 152 valence electrons. The molecule has 5 nitrogen and oxygen atoms in total. The van der Waals surface area contributed by atoms with E-state index in [-0.39, 0.29) is 6.09 Å². The molecule has 0 spiro atoms. The normalized spacial score (nSPS) is 14.6. The molecule has 2 aromatic heterocycles. The number of hydrogen-bond donors (Lipinski definition) is 0. The second-order valence-electron chi connectivity index (χ2n) is 8.86. The van der Waals surface area contributed by atoms with Crippen LogP contribution in [0.5, 0.6) is 0 Å². The van der Waals surface area contributed by atoms with Gasteiger partial charge >= 0.3 is 6.09 Å². The zero-order valence-electron chi connectivity index (χ0n) is 17.7. The van der Waals surface area contributed by atoms with Gasteiger partial charge in [-0.2, -0.15) is 0 Å². The van der Waals surface area contributed by atoms with Crippen molar-refractivity contribution in [3.63, 3.8) is 0 Å². The first-order valence-corrected chi connectivity index (χ1v) is 10.3. The Bertz CT molecular complexity index is 1030. The van der Waals surface area contributed by atoms with Crippen LogP contribution in [-0.4, -0.2) is 32.7 Å². The Kier molecular flexibility index (Phi) is 5.07. The lowest BCUT2D eigenvalue weighted by Crippen LogP contribution is -2.36. The number of benzene rings is 1. The summed E-state index contributed by atoms with van der Waals surface area (Å²) in [5.74, 6) is 0. The van der Waals surface area contributed by atoms with Crippen molar-refractivity contribution >= 4 is 17.0 Å². The minimum atomic E-state index is -0.490. The number of aryl methyl sites for hydroxylation is 1. The lowest BCUT2D eigenvalue weighted by Gasteiger charge is -2.26. The Morgan fingerprint density at radius 2 is 2.03 bits per heavy atom. The third kappa shape index (κ3) is 4.14. The van der Waals surface area contributed by atoms with Gasteiger partial charge in [0, 0.05) is 34.9 Å². The van der Waals surface area contributed by atoms with E-state index < -0.39 is 5.60 Å². The molecule has 4 rings (SSSR count). The van der Waals surface area contributed by atoms with E-state index in [0.717, 1.165) is 25.1 Å². The molecule has 29 heavy (non-hydrogen) atoms. The topological polar surface area (TPSA) is 47.4 Å². The van der Waals surface area contributed by atoms with E-state index in [1.165, 1.54) is 27.7 Å². The van der Waals surface area contributed by atoms with Gasteiger partial charge in [-0.1, -0.05) is 17.7 Å². The molecule has 0 saturated carbocycles. The molecule has 5 heteroatoms. The van der Waals surface area contributed by atoms with Gasteiger partial charge in [0.05, 0.1) is 18.8 Å². The Hall–Kier alpha value is -2.82. The summed E-state index contributed by atoms with van der Waals surface area (Å²) < 4.78 is 8.04. The summed E-state index contributed by atoms with van der Waals surface area (Å²) in [7, 11) is 0. The van der Waals surface area contributed by atoms with Gasteiger partial charge in [-0.3, -0.25) is 4.98 Å². The third-order valence-corrected chi connectivity index (χ3v) is 5.33. The van der Waals surface area contributed by atoms with Crippen molar-refractivity contribution < 1.29 is 9.53 Å². The Morgan fingerprint density at radius 1 is 1.21 bits per heavy atom. The van der Waals surface area contributed by atoms with Crippen molar-refractivity contribution in [1.82, 2.24) is 14.5 Å². The number of rotatable bonds is 2. The summed E-state index contributed by atoms with van der Waals surface area (Å²) in [6.07, 6.45) is 3.47. The quantitative estimate of drug-likeness (QED) is 0.612. The Balaban J connectivity index is 1.76. The first kappa shape index (κ1) is 19.5. The number of ether oxygens (including phenoxy) is 1. The number of carbonyl (C=O) groups excluding carboxylic acids is 1. The number of amides is 1. The smallest absolute Gasteiger partial charge is 0.410 e. The number of hydrogen-bond acceptors (Lipinski definition) is 3. The highest BCUT2D eigenvalue weighted by atomic mass is 16.6. The monoisotopic (exact) mass is 391 g/mol. The van der Waals surface area contributed by atoms with Crippen LogP contribution in [0.2, 0.25) is 0 Å². The molecule has 1 aliphatic rings. The highest BCUT2D eigenvalue weighted by Gasteiger charge is 2.28. The van der Waals surface area contributed by atoms with Gasteiger partial charge in [-0.05, 0) is 64.8 Å². The summed E-state index contributed by atoms with van der Waals surface area (Å²) in [5, 5.41) is 1.23. The molecule has 0 N–H and O–H groups in total. The van der Waals surface area contributed by atoms with Crippen molar-refractivity contribution in [3.8, 4) is 0 Å². The fourth-order valence-corrected chi connectivity index (χ4v) is 4.08. The number of aromatic nitrogens is 2. The lowest BCUT2D eigenvalue weighted by molar-refractivity contribution is 0.0237. The van der Waals surface area contributed by atoms with E-state index >= 15 is 0 Å². The standard InChI is InChI=1S/C24H29N3O2/c1-17-10-11-22-19(14-17)20-16-26(23(28)29-24(2,3)4)13-7-9-21(20)27(22)15-18-8-5-6-12-25-18/h5-6,8,10-12,14H,7,9,13,15-16H2,1-4H3. The molecule has 1 aliphatic heterocycles. The van der Waals surface area contributed by atoms with Crippen LogP contribution >= 0.6 is 0 Å². The Labute approximate surface area is 172 Å². The first-order chi connectivity index (χ1) is 13.8. The molecule has 0 fully saturated rings. The van der Waals surface area contributed by atoms with E-state index in [9.17, 15) is 4.79 Å². The average molecular weight is 392 g/mol. The van der Waals surface area contributed by atoms with Crippen molar-refractivity contribution in [2.24, 2.45) is 0 Å². The zero-order chi connectivity index (χ0) is 20.6. The summed E-state index contributed by atoms with van der Waals surface area (Å²) in [5.41, 5.74) is 5.53. The fourth-order valence-electron chi connectivity index (χ4n) is 4.08. The van der Waals surface area contributed by atoms with Gasteiger partial charge in [-0.15, -0.1) is 0 Å². The summed E-state index contributed by atoms with van der Waals surface area (Å²) in [6, 6.07) is 12.6. The molecular weight excluding hydrogens is 362 g/mol. The first-order valence-electron chi connectivity index (χ1n) is 10.3. The van der Waals surface area contributed by atoms with Gasteiger partial charge in [0.25, 0.3) is 0 Å². The van der Waals surface area contributed by atoms with Crippen LogP contribution in [0.1, 0.15) is 49.7 Å². The number of fused-ring (bicyclic) bond motifs is 3. The van der Waals surface area contributed by atoms with E-state index in [1.807, 2.05) is 44.0 Å². The molecule has 0 atom stereocenters. The van der Waals surface area contributed by atoms with Crippen molar-refractivity contribution in [3.05, 3.63) is 65.1 Å². The SMILES string of the molecule is Cc1ccc2c(c1)c1c(n2Cc2ccccn2)CCCN(C(=O)OC(C)(C)C)C1. The summed E-state index contributed by atoms with van der Waals surface area (Å²) >= 11 is 0. The van der Waals surface area contributed by atoms with Gasteiger partial charge < -0.3 is 14.2 Å². The number of pyridine rings is 1. The molecule has 0 unspecified atom stereocenters. The van der Waals surface area contributed by atoms with Crippen LogP contribution in [-0.2, 0) is 24.2 Å². The Morgan fingerprint density at radius 3 is 2.76 bits per heavy atom. The highest BCUT2D eigenvalue weighted by Crippen LogP contribution is 2.32. The summed E-state index contributed by atoms with van der Waals surface area (Å²) in [6.45, 7) is 9.88. The molecule has 0 saturated heterocycles. The maximum Gasteiger partial charge on any atom is 0.410 e. The zero-order valence-corrected chi connectivity index (χ0v) is 17.7. The molecule has 3 heterocycles. The largest absolute Gasteiger partial charge is 0.444 e. The van der Waals surface area contributed by atoms with Gasteiger partial charge in [0.1, 0.15) is 5.60 Å². The predicted octanol–water partition coefficient (Wildman–Crippen LogP) is 5.08. The van der Waals surface area contributed by atoms with Crippen LogP contribution in [0.15, 0.2) is 42.6 Å². The molecule has 0 aliphatic carbocycles. The molecule has 0 bridgehead atoms. The van der Waals surface area contributed by atoms with Crippen molar-refractivity contribution in [2.45, 2.75) is 59.2 Å². The predicted molar refractivity (Wildman–Crippen MR) is 115 cm³/mol. The summed E-state index contributed by atoms with van der Waals surface area (Å²) in [4.78, 5) is 19.1. The average Bonchev–Trinajstić information content (AvgIpc) is 2.81. The van der Waals surface area contributed by atoms with Crippen LogP contribution in [0.25, 0.3) is 10.9 Å². The minimum absolute atomic E-state index is 0.233. The van der Waals surface area contributed by atoms with E-state index in [2.05, 4.69) is 40.7 Å². The van der Waals surface area contributed by atoms with E-state index in [0.29, 0.717) is 13.1 Å². The molecule has 3 aromatic rings. The van der Waals surface area contributed by atoms with Gasteiger partial charge in [0.15, 0.2) is 0 Å². The maximum absolute atomic E-state index is 12.8. The van der Waals surface area contributed by atoms with Crippen molar-refractivity contribution in [2.75, 3.05) is 6.54 Å². The number of nitrogens with zero attached hydrogens (tertiary/aromatic N) is 3. The molecule has 0 radical (unpaired) electrons. The third-order valence-electron chi connectivity index (χ3n) is 5.33. The number of carbonyl (C=O) groups is 1. The molecule has 1 aromatic carbocycles. The van der Waals surface area contributed by atoms with Crippen molar-refractivity contribution in [1.29, 1.82) is 0 Å². The fraction of sp³-hybridized carbons (Fsp3) is 0.417. The second kappa shape index (κ2) is 7.54. The lowest BCUT2D eigenvalue weighted by atomic mass is 10.1. The van der Waals surface area contributed by atoms with Crippen LogP contribution < -0.4 is 0 Å². The highest BCUT2D eigenvalue weighted by molar-refractivity contribution is 5.87.